The summed E-state index contributed by atoms with van der Waals surface area (Å²) in [6.45, 7) is 0.571. The standard InChI is InChI=1S/C15H15ClN2O2/c16-12-7-14(18-13-4-2-1-3-11(12)13)15(20)17-8-9-5-10(19)6-9/h1-4,7,9-10,19H,5-6,8H2,(H,17,20). The van der Waals surface area contributed by atoms with Gasteiger partial charge in [0, 0.05) is 11.9 Å². The smallest absolute Gasteiger partial charge is 0.269 e. The van der Waals surface area contributed by atoms with Crippen molar-refractivity contribution < 1.29 is 9.90 Å². The Morgan fingerprint density at radius 1 is 1.40 bits per heavy atom. The van der Waals surface area contributed by atoms with Gasteiger partial charge in [-0.3, -0.25) is 4.79 Å². The first-order valence-electron chi connectivity index (χ1n) is 6.65. The molecule has 0 bridgehead atoms. The van der Waals surface area contributed by atoms with Gasteiger partial charge < -0.3 is 10.4 Å². The lowest BCUT2D eigenvalue weighted by molar-refractivity contribution is 0.0420. The molecule has 0 aliphatic heterocycles. The van der Waals surface area contributed by atoms with Crippen LogP contribution in [0.2, 0.25) is 5.02 Å². The number of aliphatic hydroxyl groups is 1. The van der Waals surface area contributed by atoms with Crippen LogP contribution < -0.4 is 5.32 Å². The van der Waals surface area contributed by atoms with Gasteiger partial charge in [-0.25, -0.2) is 4.98 Å². The fourth-order valence-electron chi connectivity index (χ4n) is 2.44. The highest BCUT2D eigenvalue weighted by atomic mass is 35.5. The number of nitrogens with one attached hydrogen (secondary N) is 1. The maximum atomic E-state index is 12.1. The number of aromatic nitrogens is 1. The number of aliphatic hydroxyl groups excluding tert-OH is 1. The van der Waals surface area contributed by atoms with Crippen LogP contribution in [0.4, 0.5) is 0 Å². The number of pyridine rings is 1. The van der Waals surface area contributed by atoms with E-state index in [1.54, 1.807) is 6.07 Å². The van der Waals surface area contributed by atoms with Crippen molar-refractivity contribution in [1.29, 1.82) is 0 Å². The van der Waals surface area contributed by atoms with E-state index >= 15 is 0 Å². The van der Waals surface area contributed by atoms with Crippen LogP contribution in [-0.4, -0.2) is 28.6 Å². The van der Waals surface area contributed by atoms with Crippen molar-refractivity contribution in [3.05, 3.63) is 41.0 Å². The number of fused-ring (bicyclic) bond motifs is 1. The summed E-state index contributed by atoms with van der Waals surface area (Å²) in [5.41, 5.74) is 1.04. The molecule has 0 atom stereocenters. The number of rotatable bonds is 3. The maximum Gasteiger partial charge on any atom is 0.269 e. The molecule has 1 aromatic heterocycles. The lowest BCUT2D eigenvalue weighted by Crippen LogP contribution is -2.38. The van der Waals surface area contributed by atoms with E-state index in [0.29, 0.717) is 28.7 Å². The minimum absolute atomic E-state index is 0.204. The first-order chi connectivity index (χ1) is 9.63. The Morgan fingerprint density at radius 3 is 2.90 bits per heavy atom. The molecule has 1 heterocycles. The second kappa shape index (κ2) is 5.38. The number of nitrogens with zero attached hydrogens (tertiary/aromatic N) is 1. The normalized spacial score (nSPS) is 21.5. The van der Waals surface area contributed by atoms with Crippen LogP contribution in [0.15, 0.2) is 30.3 Å². The Kier molecular flexibility index (Phi) is 3.59. The number of hydrogen-bond acceptors (Lipinski definition) is 3. The van der Waals surface area contributed by atoms with E-state index in [-0.39, 0.29) is 12.0 Å². The van der Waals surface area contributed by atoms with Gasteiger partial charge in [-0.15, -0.1) is 0 Å². The van der Waals surface area contributed by atoms with Crippen LogP contribution in [0, 0.1) is 5.92 Å². The van der Waals surface area contributed by atoms with Gasteiger partial charge in [0.2, 0.25) is 0 Å². The molecule has 1 aromatic carbocycles. The zero-order chi connectivity index (χ0) is 14.1. The summed E-state index contributed by atoms with van der Waals surface area (Å²) in [5, 5.41) is 13.4. The second-order valence-electron chi connectivity index (χ2n) is 5.21. The Labute approximate surface area is 121 Å². The van der Waals surface area contributed by atoms with E-state index < -0.39 is 0 Å². The van der Waals surface area contributed by atoms with Gasteiger partial charge in [0.25, 0.3) is 5.91 Å². The van der Waals surface area contributed by atoms with E-state index in [1.165, 1.54) is 0 Å². The molecule has 1 saturated carbocycles. The summed E-state index contributed by atoms with van der Waals surface area (Å²) in [4.78, 5) is 16.4. The summed E-state index contributed by atoms with van der Waals surface area (Å²) in [7, 11) is 0. The van der Waals surface area contributed by atoms with Crippen molar-refractivity contribution in [2.45, 2.75) is 18.9 Å². The third kappa shape index (κ3) is 2.62. The van der Waals surface area contributed by atoms with E-state index in [1.807, 2.05) is 24.3 Å². The van der Waals surface area contributed by atoms with Gasteiger partial charge in [-0.2, -0.15) is 0 Å². The average Bonchev–Trinajstić information content (AvgIpc) is 2.42. The molecule has 2 N–H and O–H groups in total. The SMILES string of the molecule is O=C(NCC1CC(O)C1)c1cc(Cl)c2ccccc2n1. The third-order valence-corrected chi connectivity index (χ3v) is 3.97. The van der Waals surface area contributed by atoms with Crippen molar-refractivity contribution in [2.24, 2.45) is 5.92 Å². The van der Waals surface area contributed by atoms with Crippen molar-refractivity contribution in [3.63, 3.8) is 0 Å². The van der Waals surface area contributed by atoms with E-state index in [0.717, 1.165) is 18.2 Å². The highest BCUT2D eigenvalue weighted by molar-refractivity contribution is 6.35. The van der Waals surface area contributed by atoms with Crippen molar-refractivity contribution in [2.75, 3.05) is 6.54 Å². The van der Waals surface area contributed by atoms with Gasteiger partial charge in [-0.1, -0.05) is 29.8 Å². The van der Waals surface area contributed by atoms with Crippen LogP contribution in [0.1, 0.15) is 23.3 Å². The van der Waals surface area contributed by atoms with Crippen LogP contribution in [-0.2, 0) is 0 Å². The second-order valence-corrected chi connectivity index (χ2v) is 5.61. The zero-order valence-electron chi connectivity index (χ0n) is 10.8. The zero-order valence-corrected chi connectivity index (χ0v) is 11.6. The molecule has 20 heavy (non-hydrogen) atoms. The van der Waals surface area contributed by atoms with Crippen LogP contribution in [0.5, 0.6) is 0 Å². The average molecular weight is 291 g/mol. The maximum absolute atomic E-state index is 12.1. The summed E-state index contributed by atoms with van der Waals surface area (Å²) >= 11 is 6.17. The summed E-state index contributed by atoms with van der Waals surface area (Å²) < 4.78 is 0. The molecule has 104 valence electrons. The summed E-state index contributed by atoms with van der Waals surface area (Å²) in [5.74, 6) is 0.143. The fourth-order valence-corrected chi connectivity index (χ4v) is 2.71. The number of amides is 1. The minimum atomic E-state index is -0.223. The number of halogens is 1. The largest absolute Gasteiger partial charge is 0.393 e. The molecule has 2 aromatic rings. The molecule has 0 radical (unpaired) electrons. The Hall–Kier alpha value is -1.65. The van der Waals surface area contributed by atoms with Crippen LogP contribution in [0.3, 0.4) is 0 Å². The number of hydrogen-bond donors (Lipinski definition) is 2. The summed E-state index contributed by atoms with van der Waals surface area (Å²) in [6, 6.07) is 9.05. The molecule has 1 aliphatic carbocycles. The quantitative estimate of drug-likeness (QED) is 0.912. The van der Waals surface area contributed by atoms with Gasteiger partial charge in [-0.05, 0) is 30.9 Å². The van der Waals surface area contributed by atoms with Gasteiger partial charge in [0.15, 0.2) is 0 Å². The van der Waals surface area contributed by atoms with E-state index in [2.05, 4.69) is 10.3 Å². The first-order valence-corrected chi connectivity index (χ1v) is 7.03. The predicted octanol–water partition coefficient (Wildman–Crippen LogP) is 2.39. The van der Waals surface area contributed by atoms with Gasteiger partial charge >= 0.3 is 0 Å². The van der Waals surface area contributed by atoms with Gasteiger partial charge in [0.05, 0.1) is 16.6 Å². The van der Waals surface area contributed by atoms with E-state index in [4.69, 9.17) is 11.6 Å². The number of para-hydroxylation sites is 1. The van der Waals surface area contributed by atoms with Crippen molar-refractivity contribution in [1.82, 2.24) is 10.3 Å². The van der Waals surface area contributed by atoms with Crippen molar-refractivity contribution in [3.8, 4) is 0 Å². The number of benzene rings is 1. The molecule has 4 nitrogen and oxygen atoms in total. The molecule has 1 amide bonds. The highest BCUT2D eigenvalue weighted by Gasteiger charge is 2.27. The lowest BCUT2D eigenvalue weighted by Gasteiger charge is -2.31. The van der Waals surface area contributed by atoms with Crippen LogP contribution >= 0.6 is 11.6 Å². The molecule has 0 spiro atoms. The molecule has 1 aliphatic rings. The van der Waals surface area contributed by atoms with Crippen molar-refractivity contribution >= 4 is 28.4 Å². The third-order valence-electron chi connectivity index (χ3n) is 3.66. The monoisotopic (exact) mass is 290 g/mol. The molecule has 0 saturated heterocycles. The van der Waals surface area contributed by atoms with Crippen LogP contribution in [0.25, 0.3) is 10.9 Å². The molecule has 3 rings (SSSR count). The molecule has 0 unspecified atom stereocenters. The predicted molar refractivity (Wildman–Crippen MR) is 77.8 cm³/mol. The van der Waals surface area contributed by atoms with E-state index in [9.17, 15) is 9.90 Å². The fraction of sp³-hybridized carbons (Fsp3) is 0.333. The molecular weight excluding hydrogens is 276 g/mol. The topological polar surface area (TPSA) is 62.2 Å². The lowest BCUT2D eigenvalue weighted by atomic mass is 9.82. The molecular formula is C15H15ClN2O2. The molecule has 1 fully saturated rings. The first kappa shape index (κ1) is 13.3. The van der Waals surface area contributed by atoms with Gasteiger partial charge in [0.1, 0.15) is 5.69 Å². The number of carbonyl (C=O) groups excluding carboxylic acids is 1. The minimum Gasteiger partial charge on any atom is -0.393 e. The molecule has 5 heteroatoms. The number of carbonyl (C=O) groups is 1. The Balaban J connectivity index is 1.74. The highest BCUT2D eigenvalue weighted by Crippen LogP contribution is 2.26. The summed E-state index contributed by atoms with van der Waals surface area (Å²) in [6.07, 6.45) is 1.31. The Bertz CT molecular complexity index is 653. The Morgan fingerprint density at radius 2 is 2.15 bits per heavy atom.